The molecule has 0 amide bonds. The number of benzene rings is 2. The highest BCUT2D eigenvalue weighted by Crippen LogP contribution is 2.32. The number of carbonyl (C=O) groups excluding carboxylic acids is 1. The first-order chi connectivity index (χ1) is 9.63. The van der Waals surface area contributed by atoms with E-state index in [1.807, 2.05) is 30.3 Å². The van der Waals surface area contributed by atoms with Gasteiger partial charge in [0, 0.05) is 0 Å². The third-order valence-corrected chi connectivity index (χ3v) is 3.16. The van der Waals surface area contributed by atoms with E-state index in [0.717, 1.165) is 12.0 Å². The quantitative estimate of drug-likeness (QED) is 0.663. The van der Waals surface area contributed by atoms with Crippen molar-refractivity contribution >= 4 is 5.97 Å². The van der Waals surface area contributed by atoms with Crippen LogP contribution in [0, 0.1) is 0 Å². The highest BCUT2D eigenvalue weighted by atomic mass is 16.5. The van der Waals surface area contributed by atoms with Gasteiger partial charge in [-0.25, -0.2) is 4.79 Å². The Balaban J connectivity index is 2.27. The van der Waals surface area contributed by atoms with Crippen LogP contribution in [0.4, 0.5) is 0 Å². The molecular weight excluding hydrogens is 256 g/mol. The van der Waals surface area contributed by atoms with Gasteiger partial charge in [0.2, 0.25) is 0 Å². The van der Waals surface area contributed by atoms with E-state index < -0.39 is 11.7 Å². The third kappa shape index (κ3) is 2.91. The molecule has 0 saturated carbocycles. The molecule has 0 spiro atoms. The van der Waals surface area contributed by atoms with E-state index in [-0.39, 0.29) is 11.3 Å². The van der Waals surface area contributed by atoms with Crippen LogP contribution in [0.2, 0.25) is 0 Å². The van der Waals surface area contributed by atoms with Gasteiger partial charge in [0.1, 0.15) is 5.56 Å². The van der Waals surface area contributed by atoms with Gasteiger partial charge in [0.25, 0.3) is 0 Å². The number of phenols is 2. The summed E-state index contributed by atoms with van der Waals surface area (Å²) in [7, 11) is 1.24. The van der Waals surface area contributed by atoms with E-state index in [1.165, 1.54) is 13.2 Å². The van der Waals surface area contributed by atoms with Crippen LogP contribution in [0.1, 0.15) is 21.5 Å². The molecule has 4 nitrogen and oxygen atoms in total. The van der Waals surface area contributed by atoms with Gasteiger partial charge < -0.3 is 14.9 Å². The van der Waals surface area contributed by atoms with Crippen LogP contribution in [-0.2, 0) is 17.6 Å². The number of phenolic OH excluding ortho intramolecular Hbond substituents is 2. The number of aryl methyl sites for hydroxylation is 2. The van der Waals surface area contributed by atoms with Gasteiger partial charge in [-0.2, -0.15) is 0 Å². The zero-order valence-electron chi connectivity index (χ0n) is 11.2. The van der Waals surface area contributed by atoms with Crippen molar-refractivity contribution in [3.05, 3.63) is 59.2 Å². The summed E-state index contributed by atoms with van der Waals surface area (Å²) < 4.78 is 4.65. The fourth-order valence-electron chi connectivity index (χ4n) is 2.08. The predicted molar refractivity (Wildman–Crippen MR) is 75.0 cm³/mol. The summed E-state index contributed by atoms with van der Waals surface area (Å²) in [6.45, 7) is 0. The molecule has 2 rings (SSSR count). The van der Waals surface area contributed by atoms with Gasteiger partial charge in [-0.15, -0.1) is 0 Å². The smallest absolute Gasteiger partial charge is 0.342 e. The zero-order valence-corrected chi connectivity index (χ0v) is 11.2. The van der Waals surface area contributed by atoms with Crippen molar-refractivity contribution in [2.75, 3.05) is 7.11 Å². The molecule has 2 aromatic rings. The molecule has 2 N–H and O–H groups in total. The Kier molecular flexibility index (Phi) is 4.25. The van der Waals surface area contributed by atoms with E-state index in [1.54, 1.807) is 6.07 Å². The second kappa shape index (κ2) is 6.10. The molecule has 0 bridgehead atoms. The minimum Gasteiger partial charge on any atom is -0.504 e. The van der Waals surface area contributed by atoms with Crippen molar-refractivity contribution in [1.82, 2.24) is 0 Å². The van der Waals surface area contributed by atoms with Gasteiger partial charge in [0.05, 0.1) is 7.11 Å². The van der Waals surface area contributed by atoms with Crippen molar-refractivity contribution < 1.29 is 19.7 Å². The topological polar surface area (TPSA) is 66.8 Å². The Hall–Kier alpha value is -2.49. The molecule has 20 heavy (non-hydrogen) atoms. The van der Waals surface area contributed by atoms with Gasteiger partial charge >= 0.3 is 5.97 Å². The summed E-state index contributed by atoms with van der Waals surface area (Å²) in [4.78, 5) is 11.7. The minimum atomic E-state index is -0.651. The maximum absolute atomic E-state index is 11.7. The van der Waals surface area contributed by atoms with Crippen molar-refractivity contribution in [2.24, 2.45) is 0 Å². The van der Waals surface area contributed by atoms with E-state index in [2.05, 4.69) is 4.74 Å². The van der Waals surface area contributed by atoms with Crippen LogP contribution >= 0.6 is 0 Å². The standard InChI is InChI=1S/C16H16O4/c1-20-16(19)14-12(9-10-13(17)15(14)18)8-7-11-5-3-2-4-6-11/h2-6,9-10,17-18H,7-8H2,1H3. The van der Waals surface area contributed by atoms with Crippen molar-refractivity contribution in [2.45, 2.75) is 12.8 Å². The zero-order chi connectivity index (χ0) is 14.5. The lowest BCUT2D eigenvalue weighted by atomic mass is 9.98. The molecule has 0 aliphatic heterocycles. The number of ether oxygens (including phenoxy) is 1. The monoisotopic (exact) mass is 272 g/mol. The first kappa shape index (κ1) is 13.9. The largest absolute Gasteiger partial charge is 0.504 e. The summed E-state index contributed by atoms with van der Waals surface area (Å²) in [6.07, 6.45) is 1.30. The number of aromatic hydroxyl groups is 2. The fraction of sp³-hybridized carbons (Fsp3) is 0.188. The third-order valence-electron chi connectivity index (χ3n) is 3.16. The van der Waals surface area contributed by atoms with Gasteiger partial charge in [-0.05, 0) is 30.0 Å². The lowest BCUT2D eigenvalue weighted by Gasteiger charge is -2.11. The molecule has 0 unspecified atom stereocenters. The maximum Gasteiger partial charge on any atom is 0.342 e. The second-order valence-electron chi connectivity index (χ2n) is 4.44. The van der Waals surface area contributed by atoms with Crippen molar-refractivity contribution in [3.63, 3.8) is 0 Å². The number of methoxy groups -OCH3 is 1. The average molecular weight is 272 g/mol. The molecule has 0 atom stereocenters. The summed E-state index contributed by atoms with van der Waals surface area (Å²) in [5, 5.41) is 19.3. The highest BCUT2D eigenvalue weighted by molar-refractivity contribution is 5.95. The average Bonchev–Trinajstić information content (AvgIpc) is 2.48. The molecule has 0 heterocycles. The molecule has 104 valence electrons. The summed E-state index contributed by atoms with van der Waals surface area (Å²) in [6, 6.07) is 12.8. The van der Waals surface area contributed by atoms with E-state index in [0.29, 0.717) is 12.0 Å². The Labute approximate surface area is 117 Å². The summed E-state index contributed by atoms with van der Waals surface area (Å²) in [5.74, 6) is -1.40. The van der Waals surface area contributed by atoms with Crippen LogP contribution in [0.3, 0.4) is 0 Å². The summed E-state index contributed by atoms with van der Waals surface area (Å²) >= 11 is 0. The molecular formula is C16H16O4. The van der Waals surface area contributed by atoms with E-state index in [4.69, 9.17) is 0 Å². The van der Waals surface area contributed by atoms with Crippen molar-refractivity contribution in [3.8, 4) is 11.5 Å². The number of esters is 1. The molecule has 4 heteroatoms. The van der Waals surface area contributed by atoms with Crippen molar-refractivity contribution in [1.29, 1.82) is 0 Å². The van der Waals surface area contributed by atoms with Gasteiger partial charge in [-0.1, -0.05) is 36.4 Å². The first-order valence-electron chi connectivity index (χ1n) is 6.29. The fourth-order valence-corrected chi connectivity index (χ4v) is 2.08. The number of rotatable bonds is 4. The lowest BCUT2D eigenvalue weighted by molar-refractivity contribution is 0.0595. The van der Waals surface area contributed by atoms with Crippen LogP contribution in [0.25, 0.3) is 0 Å². The van der Waals surface area contributed by atoms with Crippen LogP contribution < -0.4 is 0 Å². The minimum absolute atomic E-state index is 0.0310. The molecule has 0 aromatic heterocycles. The molecule has 0 saturated heterocycles. The highest BCUT2D eigenvalue weighted by Gasteiger charge is 2.19. The van der Waals surface area contributed by atoms with E-state index in [9.17, 15) is 15.0 Å². The normalized spacial score (nSPS) is 10.2. The Morgan fingerprint density at radius 3 is 2.40 bits per heavy atom. The number of carbonyl (C=O) groups is 1. The lowest BCUT2D eigenvalue weighted by Crippen LogP contribution is -2.07. The van der Waals surface area contributed by atoms with Crippen LogP contribution in [0.15, 0.2) is 42.5 Å². The second-order valence-corrected chi connectivity index (χ2v) is 4.44. The van der Waals surface area contributed by atoms with Gasteiger partial charge in [0.15, 0.2) is 11.5 Å². The van der Waals surface area contributed by atoms with Crippen LogP contribution in [0.5, 0.6) is 11.5 Å². The Bertz CT molecular complexity index is 605. The SMILES string of the molecule is COC(=O)c1c(CCc2ccccc2)ccc(O)c1O. The predicted octanol–water partition coefficient (Wildman–Crippen LogP) is 2.67. The number of hydrogen-bond acceptors (Lipinski definition) is 4. The first-order valence-corrected chi connectivity index (χ1v) is 6.29. The Morgan fingerprint density at radius 1 is 1.05 bits per heavy atom. The molecule has 0 aliphatic carbocycles. The molecule has 2 aromatic carbocycles. The molecule has 0 aliphatic rings. The Morgan fingerprint density at radius 2 is 1.75 bits per heavy atom. The van der Waals surface area contributed by atoms with E-state index >= 15 is 0 Å². The number of hydrogen-bond donors (Lipinski definition) is 2. The summed E-state index contributed by atoms with van der Waals surface area (Å²) in [5.41, 5.74) is 1.82. The van der Waals surface area contributed by atoms with Crippen LogP contribution in [-0.4, -0.2) is 23.3 Å². The maximum atomic E-state index is 11.7. The molecule has 0 radical (unpaired) electrons. The van der Waals surface area contributed by atoms with Gasteiger partial charge in [-0.3, -0.25) is 0 Å². The molecule has 0 fully saturated rings.